The van der Waals surface area contributed by atoms with Crippen LogP contribution in [0.3, 0.4) is 0 Å². The summed E-state index contributed by atoms with van der Waals surface area (Å²) < 4.78 is 0. The Bertz CT molecular complexity index is 577. The third-order valence-electron chi connectivity index (χ3n) is 3.10. The highest BCUT2D eigenvalue weighted by Gasteiger charge is 2.11. The number of nitrogens with two attached hydrogens (primary N) is 1. The van der Waals surface area contributed by atoms with Gasteiger partial charge in [0.1, 0.15) is 5.01 Å². The molecule has 5 heteroatoms. The number of nitrogen functional groups attached to an aromatic ring is 1. The highest BCUT2D eigenvalue weighted by atomic mass is 32.1. The van der Waals surface area contributed by atoms with Crippen molar-refractivity contribution in [2.45, 2.75) is 32.7 Å². The van der Waals surface area contributed by atoms with Gasteiger partial charge in [-0.2, -0.15) is 0 Å². The molecule has 0 aliphatic heterocycles. The summed E-state index contributed by atoms with van der Waals surface area (Å²) in [5.74, 6) is 0.218. The van der Waals surface area contributed by atoms with Gasteiger partial charge in [0.15, 0.2) is 0 Å². The highest BCUT2D eigenvalue weighted by molar-refractivity contribution is 7.11. The first-order chi connectivity index (χ1) is 9.54. The van der Waals surface area contributed by atoms with Crippen LogP contribution in [0.15, 0.2) is 30.5 Å². The summed E-state index contributed by atoms with van der Waals surface area (Å²) in [6, 6.07) is 7.67. The van der Waals surface area contributed by atoms with E-state index in [2.05, 4.69) is 10.3 Å². The molecular weight excluding hydrogens is 270 g/mol. The number of carbonyl (C=O) groups excluding carboxylic acids is 1. The fourth-order valence-electron chi connectivity index (χ4n) is 1.95. The van der Waals surface area contributed by atoms with Crippen molar-refractivity contribution in [1.82, 2.24) is 10.3 Å². The molecule has 20 heavy (non-hydrogen) atoms. The molecule has 0 saturated heterocycles. The predicted octanol–water partition coefficient (Wildman–Crippen LogP) is 2.84. The molecular formula is C15H19N3OS. The van der Waals surface area contributed by atoms with Crippen molar-refractivity contribution in [1.29, 1.82) is 0 Å². The molecule has 1 unspecified atom stereocenters. The largest absolute Gasteiger partial charge is 0.399 e. The van der Waals surface area contributed by atoms with Gasteiger partial charge >= 0.3 is 0 Å². The van der Waals surface area contributed by atoms with Crippen molar-refractivity contribution in [3.05, 3.63) is 45.9 Å². The van der Waals surface area contributed by atoms with Crippen LogP contribution in [0.1, 0.15) is 34.7 Å². The topological polar surface area (TPSA) is 68.0 Å². The van der Waals surface area contributed by atoms with Crippen LogP contribution < -0.4 is 11.1 Å². The summed E-state index contributed by atoms with van der Waals surface area (Å²) in [4.78, 5) is 17.3. The van der Waals surface area contributed by atoms with E-state index in [1.807, 2.05) is 44.3 Å². The number of thiazole rings is 1. The Morgan fingerprint density at radius 1 is 1.40 bits per heavy atom. The Hall–Kier alpha value is -1.88. The minimum atomic E-state index is 0.0437. The molecule has 4 nitrogen and oxygen atoms in total. The molecule has 1 atom stereocenters. The maximum Gasteiger partial charge on any atom is 0.220 e. The van der Waals surface area contributed by atoms with Crippen LogP contribution in [0.4, 0.5) is 5.69 Å². The summed E-state index contributed by atoms with van der Waals surface area (Å²) in [6.45, 7) is 4.55. The first kappa shape index (κ1) is 14.5. The first-order valence-corrected chi connectivity index (χ1v) is 7.39. The Balaban J connectivity index is 1.83. The van der Waals surface area contributed by atoms with Crippen LogP contribution >= 0.6 is 11.3 Å². The second kappa shape index (κ2) is 6.52. The fourth-order valence-corrected chi connectivity index (χ4v) is 2.68. The maximum atomic E-state index is 11.9. The van der Waals surface area contributed by atoms with Gasteiger partial charge in [-0.15, -0.1) is 11.3 Å². The molecule has 3 N–H and O–H groups in total. The Morgan fingerprint density at radius 2 is 2.10 bits per heavy atom. The Labute approximate surface area is 123 Å². The van der Waals surface area contributed by atoms with E-state index >= 15 is 0 Å². The van der Waals surface area contributed by atoms with E-state index in [0.29, 0.717) is 13.0 Å². The Morgan fingerprint density at radius 3 is 2.70 bits per heavy atom. The van der Waals surface area contributed by atoms with Crippen LogP contribution in [0.5, 0.6) is 0 Å². The number of amides is 1. The van der Waals surface area contributed by atoms with Crippen molar-refractivity contribution in [2.24, 2.45) is 0 Å². The lowest BCUT2D eigenvalue weighted by atomic mass is 9.97. The third kappa shape index (κ3) is 4.06. The van der Waals surface area contributed by atoms with Crippen molar-refractivity contribution >= 4 is 22.9 Å². The summed E-state index contributed by atoms with van der Waals surface area (Å²) in [6.07, 6.45) is 2.29. The van der Waals surface area contributed by atoms with Crippen LogP contribution in [-0.4, -0.2) is 10.9 Å². The number of anilines is 1. The molecule has 2 aromatic rings. The zero-order valence-electron chi connectivity index (χ0n) is 11.7. The van der Waals surface area contributed by atoms with Gasteiger partial charge in [-0.1, -0.05) is 19.1 Å². The molecule has 1 amide bonds. The molecule has 0 aliphatic carbocycles. The molecule has 1 aromatic carbocycles. The van der Waals surface area contributed by atoms with E-state index in [4.69, 9.17) is 5.73 Å². The number of hydrogen-bond acceptors (Lipinski definition) is 4. The molecule has 1 aromatic heterocycles. The third-order valence-corrected chi connectivity index (χ3v) is 4.02. The van der Waals surface area contributed by atoms with E-state index in [9.17, 15) is 4.79 Å². The lowest BCUT2D eigenvalue weighted by molar-refractivity contribution is -0.121. The molecule has 0 fully saturated rings. The summed E-state index contributed by atoms with van der Waals surface area (Å²) in [7, 11) is 0. The van der Waals surface area contributed by atoms with Gasteiger partial charge in [-0.25, -0.2) is 4.98 Å². The number of hydrogen-bond donors (Lipinski definition) is 2. The molecule has 0 radical (unpaired) electrons. The normalized spacial score (nSPS) is 12.1. The monoisotopic (exact) mass is 289 g/mol. The summed E-state index contributed by atoms with van der Waals surface area (Å²) in [5, 5.41) is 3.85. The molecule has 1 heterocycles. The van der Waals surface area contributed by atoms with Gasteiger partial charge in [0.05, 0.1) is 6.54 Å². The van der Waals surface area contributed by atoms with Gasteiger partial charge < -0.3 is 11.1 Å². The van der Waals surface area contributed by atoms with Crippen molar-refractivity contribution in [3.63, 3.8) is 0 Å². The average Bonchev–Trinajstić information content (AvgIpc) is 2.83. The van der Waals surface area contributed by atoms with Crippen molar-refractivity contribution in [3.8, 4) is 0 Å². The minimum absolute atomic E-state index is 0.0437. The molecule has 0 spiro atoms. The molecule has 2 rings (SSSR count). The van der Waals surface area contributed by atoms with E-state index in [-0.39, 0.29) is 11.8 Å². The summed E-state index contributed by atoms with van der Waals surface area (Å²) in [5.41, 5.74) is 7.52. The molecule has 0 aliphatic rings. The second-order valence-electron chi connectivity index (χ2n) is 4.91. The number of benzene rings is 1. The molecule has 0 saturated carbocycles. The lowest BCUT2D eigenvalue weighted by Crippen LogP contribution is -2.23. The molecule has 0 bridgehead atoms. The van der Waals surface area contributed by atoms with Crippen LogP contribution in [0, 0.1) is 6.92 Å². The number of carbonyl (C=O) groups is 1. The highest BCUT2D eigenvalue weighted by Crippen LogP contribution is 2.20. The number of nitrogens with one attached hydrogen (secondary N) is 1. The van der Waals surface area contributed by atoms with Crippen LogP contribution in [-0.2, 0) is 11.3 Å². The molecule has 106 valence electrons. The van der Waals surface area contributed by atoms with Crippen molar-refractivity contribution in [2.75, 3.05) is 5.73 Å². The van der Waals surface area contributed by atoms with Gasteiger partial charge in [-0.05, 0) is 30.5 Å². The first-order valence-electron chi connectivity index (χ1n) is 6.58. The smallest absolute Gasteiger partial charge is 0.220 e. The standard InChI is InChI=1S/C15H19N3OS/c1-10(12-3-5-13(16)6-4-12)7-14(19)17-9-15-18-8-11(2)20-15/h3-6,8,10H,7,9,16H2,1-2H3,(H,17,19). The average molecular weight is 289 g/mol. The van der Waals surface area contributed by atoms with E-state index in [1.54, 1.807) is 11.3 Å². The number of rotatable bonds is 5. The number of aryl methyl sites for hydroxylation is 1. The maximum absolute atomic E-state index is 11.9. The van der Waals surface area contributed by atoms with Gasteiger partial charge in [0, 0.05) is 23.2 Å². The van der Waals surface area contributed by atoms with E-state index in [0.717, 1.165) is 21.1 Å². The van der Waals surface area contributed by atoms with Gasteiger partial charge in [0.2, 0.25) is 5.91 Å². The lowest BCUT2D eigenvalue weighted by Gasteiger charge is -2.11. The predicted molar refractivity (Wildman–Crippen MR) is 82.6 cm³/mol. The number of nitrogens with zero attached hydrogens (tertiary/aromatic N) is 1. The van der Waals surface area contributed by atoms with Crippen LogP contribution in [0.2, 0.25) is 0 Å². The van der Waals surface area contributed by atoms with E-state index in [1.165, 1.54) is 0 Å². The van der Waals surface area contributed by atoms with Gasteiger partial charge in [-0.3, -0.25) is 4.79 Å². The zero-order chi connectivity index (χ0) is 14.5. The summed E-state index contributed by atoms with van der Waals surface area (Å²) >= 11 is 1.61. The van der Waals surface area contributed by atoms with Crippen molar-refractivity contribution < 1.29 is 4.79 Å². The quantitative estimate of drug-likeness (QED) is 0.832. The SMILES string of the molecule is Cc1cnc(CNC(=O)CC(C)c2ccc(N)cc2)s1. The fraction of sp³-hybridized carbons (Fsp3) is 0.333. The van der Waals surface area contributed by atoms with Gasteiger partial charge in [0.25, 0.3) is 0 Å². The second-order valence-corrected chi connectivity index (χ2v) is 6.23. The minimum Gasteiger partial charge on any atom is -0.399 e. The van der Waals surface area contributed by atoms with E-state index < -0.39 is 0 Å². The number of aromatic nitrogens is 1. The Kier molecular flexibility index (Phi) is 4.74. The van der Waals surface area contributed by atoms with Crippen LogP contribution in [0.25, 0.3) is 0 Å². The zero-order valence-corrected chi connectivity index (χ0v) is 12.5.